The Labute approximate surface area is 98.1 Å². The van der Waals surface area contributed by atoms with Gasteiger partial charge in [0, 0.05) is 13.1 Å². The predicted octanol–water partition coefficient (Wildman–Crippen LogP) is 3.06. The third kappa shape index (κ3) is 3.90. The molecule has 0 radical (unpaired) electrons. The van der Waals surface area contributed by atoms with Gasteiger partial charge in [-0.25, -0.2) is 0 Å². The first-order valence-corrected chi connectivity index (χ1v) is 6.43. The van der Waals surface area contributed by atoms with Crippen molar-refractivity contribution in [3.05, 3.63) is 0 Å². The number of hydrazone groups is 1. The highest BCUT2D eigenvalue weighted by Crippen LogP contribution is 2.17. The van der Waals surface area contributed by atoms with Crippen LogP contribution < -0.4 is 0 Å². The molecule has 1 aliphatic heterocycles. The second-order valence-corrected chi connectivity index (χ2v) is 4.39. The molecule has 0 aromatic rings. The second kappa shape index (κ2) is 6.94. The van der Waals surface area contributed by atoms with E-state index < -0.39 is 0 Å². The highest BCUT2D eigenvalue weighted by molar-refractivity contribution is 6.20. The summed E-state index contributed by atoms with van der Waals surface area (Å²) in [7, 11) is 0. The molecule has 1 unspecified atom stereocenters. The zero-order chi connectivity index (χ0) is 11.1. The number of unbranched alkanes of at least 4 members (excludes halogenated alkanes) is 3. The Bertz CT molecular complexity index is 196. The number of hydrogen-bond donors (Lipinski definition) is 0. The van der Waals surface area contributed by atoms with Crippen LogP contribution in [0.15, 0.2) is 5.10 Å². The standard InChI is InChI=1S/C11H22ClN3/c1-3-5-6-7-9-15-11(12)14(8-4-2)10-13-15/h10-11H,3-9H2,1-2H3. The molecule has 0 spiro atoms. The smallest absolute Gasteiger partial charge is 0.195 e. The molecule has 1 aliphatic rings. The van der Waals surface area contributed by atoms with Crippen molar-refractivity contribution in [2.45, 2.75) is 51.6 Å². The molecule has 0 saturated carbocycles. The lowest BCUT2D eigenvalue weighted by Crippen LogP contribution is -2.35. The molecule has 1 atom stereocenters. The van der Waals surface area contributed by atoms with Crippen LogP contribution in [-0.4, -0.2) is 35.0 Å². The SMILES string of the molecule is CCCCCCN1N=CN(CCC)C1Cl. The fourth-order valence-electron chi connectivity index (χ4n) is 1.70. The molecule has 0 amide bonds. The fraction of sp³-hybridized carbons (Fsp3) is 0.909. The van der Waals surface area contributed by atoms with Crippen molar-refractivity contribution in [1.29, 1.82) is 0 Å². The fourth-order valence-corrected chi connectivity index (χ4v) is 2.00. The van der Waals surface area contributed by atoms with E-state index >= 15 is 0 Å². The molecule has 3 nitrogen and oxygen atoms in total. The van der Waals surface area contributed by atoms with E-state index in [1.54, 1.807) is 0 Å². The van der Waals surface area contributed by atoms with Crippen LogP contribution in [0, 0.1) is 0 Å². The number of rotatable bonds is 7. The van der Waals surface area contributed by atoms with Gasteiger partial charge in [0.2, 0.25) is 0 Å². The minimum atomic E-state index is -0.0634. The summed E-state index contributed by atoms with van der Waals surface area (Å²) in [5, 5.41) is 6.30. The molecule has 1 heterocycles. The van der Waals surface area contributed by atoms with Crippen molar-refractivity contribution in [3.63, 3.8) is 0 Å². The topological polar surface area (TPSA) is 18.8 Å². The lowest BCUT2D eigenvalue weighted by molar-refractivity contribution is 0.195. The van der Waals surface area contributed by atoms with E-state index in [2.05, 4.69) is 23.8 Å². The van der Waals surface area contributed by atoms with Crippen molar-refractivity contribution < 1.29 is 0 Å². The van der Waals surface area contributed by atoms with Crippen LogP contribution in [0.5, 0.6) is 0 Å². The quantitative estimate of drug-likeness (QED) is 0.381. The van der Waals surface area contributed by atoms with Gasteiger partial charge in [-0.2, -0.15) is 5.10 Å². The summed E-state index contributed by atoms with van der Waals surface area (Å²) >= 11 is 6.26. The molecule has 15 heavy (non-hydrogen) atoms. The maximum absolute atomic E-state index is 6.26. The van der Waals surface area contributed by atoms with Gasteiger partial charge in [-0.1, -0.05) is 44.7 Å². The van der Waals surface area contributed by atoms with Crippen LogP contribution >= 0.6 is 11.6 Å². The zero-order valence-electron chi connectivity index (χ0n) is 9.82. The summed E-state index contributed by atoms with van der Waals surface area (Å²) in [4.78, 5) is 2.08. The van der Waals surface area contributed by atoms with Crippen molar-refractivity contribution in [3.8, 4) is 0 Å². The summed E-state index contributed by atoms with van der Waals surface area (Å²) < 4.78 is 0. The van der Waals surface area contributed by atoms with Gasteiger partial charge in [-0.15, -0.1) is 0 Å². The molecule has 0 aromatic heterocycles. The van der Waals surface area contributed by atoms with Gasteiger partial charge >= 0.3 is 0 Å². The Morgan fingerprint density at radius 3 is 2.60 bits per heavy atom. The number of hydrogen-bond acceptors (Lipinski definition) is 3. The van der Waals surface area contributed by atoms with Crippen LogP contribution in [0.25, 0.3) is 0 Å². The molecule has 0 saturated heterocycles. The summed E-state index contributed by atoms with van der Waals surface area (Å²) in [5.74, 6) is 0. The maximum atomic E-state index is 6.26. The first kappa shape index (κ1) is 12.6. The molecule has 4 heteroatoms. The normalized spacial score (nSPS) is 20.3. The van der Waals surface area contributed by atoms with Crippen molar-refractivity contribution in [1.82, 2.24) is 9.91 Å². The summed E-state index contributed by atoms with van der Waals surface area (Å²) in [6.45, 7) is 6.34. The predicted molar refractivity (Wildman–Crippen MR) is 66.0 cm³/mol. The monoisotopic (exact) mass is 231 g/mol. The highest BCUT2D eigenvalue weighted by atomic mass is 35.5. The molecule has 1 rings (SSSR count). The summed E-state index contributed by atoms with van der Waals surface area (Å²) in [6.07, 6.45) is 8.02. The Balaban J connectivity index is 2.18. The van der Waals surface area contributed by atoms with Gasteiger partial charge < -0.3 is 4.90 Å². The van der Waals surface area contributed by atoms with Gasteiger partial charge in [0.1, 0.15) is 6.34 Å². The summed E-state index contributed by atoms with van der Waals surface area (Å²) in [6, 6.07) is 0. The molecule has 0 N–H and O–H groups in total. The largest absolute Gasteiger partial charge is 0.327 e. The Morgan fingerprint density at radius 2 is 1.93 bits per heavy atom. The van der Waals surface area contributed by atoms with E-state index in [9.17, 15) is 0 Å². The number of alkyl halides is 1. The van der Waals surface area contributed by atoms with Gasteiger partial charge in [-0.05, 0) is 12.8 Å². The third-order valence-electron chi connectivity index (χ3n) is 2.59. The van der Waals surface area contributed by atoms with Gasteiger partial charge in [0.25, 0.3) is 0 Å². The van der Waals surface area contributed by atoms with Gasteiger partial charge in [0.15, 0.2) is 5.62 Å². The van der Waals surface area contributed by atoms with Crippen molar-refractivity contribution in [2.24, 2.45) is 5.10 Å². The van der Waals surface area contributed by atoms with Crippen molar-refractivity contribution in [2.75, 3.05) is 13.1 Å². The minimum Gasteiger partial charge on any atom is -0.327 e. The lowest BCUT2D eigenvalue weighted by atomic mass is 10.2. The molecular formula is C11H22ClN3. The second-order valence-electron chi connectivity index (χ2n) is 4.00. The lowest BCUT2D eigenvalue weighted by Gasteiger charge is -2.24. The number of nitrogens with zero attached hydrogens (tertiary/aromatic N) is 3. The molecule has 0 fully saturated rings. The van der Waals surface area contributed by atoms with Gasteiger partial charge in [-0.3, -0.25) is 5.01 Å². The van der Waals surface area contributed by atoms with Crippen LogP contribution in [0.4, 0.5) is 0 Å². The first-order valence-electron chi connectivity index (χ1n) is 6.00. The molecular weight excluding hydrogens is 210 g/mol. The molecule has 0 aromatic carbocycles. The molecule has 88 valence electrons. The third-order valence-corrected chi connectivity index (χ3v) is 3.07. The van der Waals surface area contributed by atoms with Crippen LogP contribution in [0.1, 0.15) is 46.0 Å². The van der Waals surface area contributed by atoms with E-state index in [0.29, 0.717) is 0 Å². The maximum Gasteiger partial charge on any atom is 0.195 e. The van der Waals surface area contributed by atoms with Gasteiger partial charge in [0.05, 0.1) is 0 Å². The Hall–Kier alpha value is -0.440. The van der Waals surface area contributed by atoms with Crippen molar-refractivity contribution >= 4 is 17.9 Å². The van der Waals surface area contributed by atoms with Crippen LogP contribution in [-0.2, 0) is 0 Å². The number of halogens is 1. The molecule has 0 bridgehead atoms. The van der Waals surface area contributed by atoms with Crippen LogP contribution in [0.3, 0.4) is 0 Å². The van der Waals surface area contributed by atoms with E-state index in [-0.39, 0.29) is 5.62 Å². The average molecular weight is 232 g/mol. The molecule has 0 aliphatic carbocycles. The Morgan fingerprint density at radius 1 is 1.13 bits per heavy atom. The van der Waals surface area contributed by atoms with E-state index in [1.165, 1.54) is 25.7 Å². The van der Waals surface area contributed by atoms with E-state index in [1.807, 2.05) is 11.3 Å². The van der Waals surface area contributed by atoms with E-state index in [4.69, 9.17) is 11.6 Å². The highest BCUT2D eigenvalue weighted by Gasteiger charge is 2.23. The van der Waals surface area contributed by atoms with E-state index in [0.717, 1.165) is 19.5 Å². The average Bonchev–Trinajstić information content (AvgIpc) is 2.57. The summed E-state index contributed by atoms with van der Waals surface area (Å²) in [5.41, 5.74) is -0.0634. The first-order chi connectivity index (χ1) is 7.29. The van der Waals surface area contributed by atoms with Crippen LogP contribution in [0.2, 0.25) is 0 Å². The minimum absolute atomic E-state index is 0.0634. The zero-order valence-corrected chi connectivity index (χ0v) is 10.6. The Kier molecular flexibility index (Phi) is 5.84.